The molecule has 0 radical (unpaired) electrons. The molecule has 0 aromatic heterocycles. The first kappa shape index (κ1) is 28.0. The van der Waals surface area contributed by atoms with Gasteiger partial charge in [0.25, 0.3) is 0 Å². The van der Waals surface area contributed by atoms with Crippen LogP contribution < -0.4 is 30.3 Å². The summed E-state index contributed by atoms with van der Waals surface area (Å²) in [4.78, 5) is 35.4. The number of nitrogens with zero attached hydrogens (tertiary/aromatic N) is 1. The van der Waals surface area contributed by atoms with Crippen molar-refractivity contribution in [2.75, 3.05) is 20.3 Å². The van der Waals surface area contributed by atoms with E-state index in [0.29, 0.717) is 35.1 Å². The number of benzene rings is 2. The minimum atomic E-state index is -1.14. The summed E-state index contributed by atoms with van der Waals surface area (Å²) in [5.74, 6) is 0.148. The number of amides is 2. The Labute approximate surface area is 219 Å². The van der Waals surface area contributed by atoms with E-state index in [4.69, 9.17) is 18.9 Å². The molecule has 1 heterocycles. The summed E-state index contributed by atoms with van der Waals surface area (Å²) < 4.78 is 21.3. The number of esters is 2. The lowest BCUT2D eigenvalue weighted by Gasteiger charge is -2.28. The summed E-state index contributed by atoms with van der Waals surface area (Å²) in [5, 5.41) is 19.5. The number of rotatable bonds is 11. The number of hydrogen-bond donors (Lipinski definition) is 4. The highest BCUT2D eigenvalue weighted by atomic mass is 16.5. The Balaban J connectivity index is 1.65. The van der Waals surface area contributed by atoms with Crippen molar-refractivity contribution < 1.29 is 38.4 Å². The number of methoxy groups -OCH3 is 1. The standard InChI is InChI=1S/C26H30N4O8/c1-5-36-21-12-18(24-23(25(33)35-4)15(2)28-26(34)29-24)8-11-20(21)37-14-22(32)30-27-13-17-6-9-19(10-7-17)38-16(3)31/h6-13,22,24,30,32H,5,14H2,1-4H3,(H2,28,29,34)/b27-13+/t22-,24-/m1/s1. The maximum absolute atomic E-state index is 12.4. The average molecular weight is 527 g/mol. The molecule has 12 heteroatoms. The number of aliphatic hydroxyl groups is 1. The first-order valence-corrected chi connectivity index (χ1v) is 11.7. The average Bonchev–Trinajstić information content (AvgIpc) is 2.88. The highest BCUT2D eigenvalue weighted by Crippen LogP contribution is 2.34. The molecule has 4 N–H and O–H groups in total. The number of carbonyl (C=O) groups is 3. The van der Waals surface area contributed by atoms with Crippen LogP contribution in [-0.2, 0) is 14.3 Å². The van der Waals surface area contributed by atoms with E-state index >= 15 is 0 Å². The minimum absolute atomic E-state index is 0.154. The Morgan fingerprint density at radius 1 is 1.16 bits per heavy atom. The molecule has 202 valence electrons. The number of aliphatic hydroxyl groups excluding tert-OH is 1. The molecule has 0 saturated heterocycles. The molecule has 12 nitrogen and oxygen atoms in total. The van der Waals surface area contributed by atoms with Gasteiger partial charge in [0.05, 0.1) is 31.5 Å². The molecule has 0 fully saturated rings. The van der Waals surface area contributed by atoms with Gasteiger partial charge < -0.3 is 34.7 Å². The van der Waals surface area contributed by atoms with Crippen molar-refractivity contribution in [3.05, 3.63) is 64.9 Å². The van der Waals surface area contributed by atoms with Gasteiger partial charge in [-0.2, -0.15) is 5.10 Å². The molecular weight excluding hydrogens is 496 g/mol. The predicted molar refractivity (Wildman–Crippen MR) is 137 cm³/mol. The van der Waals surface area contributed by atoms with Crippen LogP contribution in [-0.4, -0.2) is 55.8 Å². The molecule has 3 rings (SSSR count). The molecule has 2 amide bonds. The fourth-order valence-electron chi connectivity index (χ4n) is 3.61. The third kappa shape index (κ3) is 7.46. The second-order valence-electron chi connectivity index (χ2n) is 8.08. The minimum Gasteiger partial charge on any atom is -0.490 e. The van der Waals surface area contributed by atoms with Crippen LogP contribution in [0.1, 0.15) is 37.9 Å². The van der Waals surface area contributed by atoms with Crippen LogP contribution in [0, 0.1) is 0 Å². The normalized spacial score (nSPS) is 15.8. The van der Waals surface area contributed by atoms with Gasteiger partial charge in [0.2, 0.25) is 0 Å². The molecule has 0 aliphatic carbocycles. The lowest BCUT2D eigenvalue weighted by Crippen LogP contribution is -2.45. The first-order valence-electron chi connectivity index (χ1n) is 11.7. The summed E-state index contributed by atoms with van der Waals surface area (Å²) >= 11 is 0. The van der Waals surface area contributed by atoms with E-state index < -0.39 is 30.2 Å². The second kappa shape index (κ2) is 13.1. The molecule has 0 unspecified atom stereocenters. The van der Waals surface area contributed by atoms with E-state index in [-0.39, 0.29) is 12.2 Å². The number of urea groups is 1. The highest BCUT2D eigenvalue weighted by Gasteiger charge is 2.32. The van der Waals surface area contributed by atoms with Crippen molar-refractivity contribution in [2.45, 2.75) is 33.0 Å². The third-order valence-electron chi connectivity index (χ3n) is 5.25. The van der Waals surface area contributed by atoms with Crippen LogP contribution in [0.25, 0.3) is 0 Å². The van der Waals surface area contributed by atoms with E-state index in [1.807, 2.05) is 0 Å². The summed E-state index contributed by atoms with van der Waals surface area (Å²) in [6, 6.07) is 10.4. The monoisotopic (exact) mass is 526 g/mol. The summed E-state index contributed by atoms with van der Waals surface area (Å²) in [5.41, 5.74) is 4.51. The van der Waals surface area contributed by atoms with Gasteiger partial charge in [0.1, 0.15) is 12.4 Å². The fourth-order valence-corrected chi connectivity index (χ4v) is 3.61. The Bertz CT molecular complexity index is 1230. The topological polar surface area (TPSA) is 157 Å². The van der Waals surface area contributed by atoms with Crippen LogP contribution in [0.15, 0.2) is 58.8 Å². The lowest BCUT2D eigenvalue weighted by atomic mass is 9.95. The molecule has 0 spiro atoms. The Hall–Kier alpha value is -4.58. The van der Waals surface area contributed by atoms with Crippen molar-refractivity contribution in [3.63, 3.8) is 0 Å². The van der Waals surface area contributed by atoms with Crippen molar-refractivity contribution in [1.29, 1.82) is 0 Å². The van der Waals surface area contributed by atoms with Gasteiger partial charge in [-0.05, 0) is 61.4 Å². The molecule has 1 aliphatic heterocycles. The van der Waals surface area contributed by atoms with Gasteiger partial charge >= 0.3 is 18.0 Å². The number of hydrogen-bond acceptors (Lipinski definition) is 10. The van der Waals surface area contributed by atoms with Crippen molar-refractivity contribution >= 4 is 24.2 Å². The van der Waals surface area contributed by atoms with Crippen molar-refractivity contribution in [1.82, 2.24) is 16.1 Å². The fraction of sp³-hybridized carbons (Fsp3) is 0.308. The molecule has 2 aromatic carbocycles. The highest BCUT2D eigenvalue weighted by molar-refractivity contribution is 5.95. The van der Waals surface area contributed by atoms with Crippen molar-refractivity contribution in [3.8, 4) is 17.2 Å². The van der Waals surface area contributed by atoms with Crippen LogP contribution >= 0.6 is 0 Å². The molecule has 1 aliphatic rings. The largest absolute Gasteiger partial charge is 0.490 e. The number of nitrogens with one attached hydrogen (secondary N) is 3. The van der Waals surface area contributed by atoms with Gasteiger partial charge in [0.15, 0.2) is 17.7 Å². The zero-order valence-corrected chi connectivity index (χ0v) is 21.4. The quantitative estimate of drug-likeness (QED) is 0.113. The number of ether oxygens (including phenoxy) is 4. The molecule has 2 atom stereocenters. The SMILES string of the molecule is CCOc1cc([C@H]2NC(=O)NC(C)=C2C(=O)OC)ccc1OC[C@@H](O)N/N=C/c1ccc(OC(C)=O)cc1. The Kier molecular flexibility index (Phi) is 9.66. The van der Waals surface area contributed by atoms with Gasteiger partial charge in [-0.25, -0.2) is 9.59 Å². The number of hydrazone groups is 1. The number of allylic oxidation sites excluding steroid dienone is 1. The van der Waals surface area contributed by atoms with Crippen molar-refractivity contribution in [2.24, 2.45) is 5.10 Å². The van der Waals surface area contributed by atoms with Gasteiger partial charge in [-0.3, -0.25) is 10.2 Å². The molecule has 38 heavy (non-hydrogen) atoms. The molecule has 0 saturated carbocycles. The molecule has 0 bridgehead atoms. The third-order valence-corrected chi connectivity index (χ3v) is 5.25. The maximum Gasteiger partial charge on any atom is 0.337 e. The summed E-state index contributed by atoms with van der Waals surface area (Å²) in [7, 11) is 1.27. The zero-order valence-electron chi connectivity index (χ0n) is 21.4. The number of carbonyl (C=O) groups excluding carboxylic acids is 3. The lowest BCUT2D eigenvalue weighted by molar-refractivity contribution is -0.136. The van der Waals surface area contributed by atoms with E-state index in [1.54, 1.807) is 56.3 Å². The van der Waals surface area contributed by atoms with Gasteiger partial charge in [-0.15, -0.1) is 0 Å². The Morgan fingerprint density at radius 2 is 1.89 bits per heavy atom. The van der Waals surface area contributed by atoms with Gasteiger partial charge in [-0.1, -0.05) is 6.07 Å². The molecular formula is C26H30N4O8. The maximum atomic E-state index is 12.4. The smallest absolute Gasteiger partial charge is 0.337 e. The van der Waals surface area contributed by atoms with Gasteiger partial charge in [0, 0.05) is 12.6 Å². The van der Waals surface area contributed by atoms with Crippen LogP contribution in [0.5, 0.6) is 17.2 Å². The van der Waals surface area contributed by atoms with E-state index in [1.165, 1.54) is 20.2 Å². The van der Waals surface area contributed by atoms with Crippen LogP contribution in [0.2, 0.25) is 0 Å². The molecule has 2 aromatic rings. The second-order valence-corrected chi connectivity index (χ2v) is 8.08. The summed E-state index contributed by atoms with van der Waals surface area (Å²) in [6.45, 7) is 4.92. The zero-order chi connectivity index (χ0) is 27.7. The Morgan fingerprint density at radius 3 is 2.55 bits per heavy atom. The van der Waals surface area contributed by atoms with E-state index in [0.717, 1.165) is 5.56 Å². The van der Waals surface area contributed by atoms with Crippen LogP contribution in [0.3, 0.4) is 0 Å². The summed E-state index contributed by atoms with van der Waals surface area (Å²) in [6.07, 6.45) is 0.351. The predicted octanol–water partition coefficient (Wildman–Crippen LogP) is 2.13. The van der Waals surface area contributed by atoms with E-state index in [9.17, 15) is 19.5 Å². The first-order chi connectivity index (χ1) is 18.2. The van der Waals surface area contributed by atoms with E-state index in [2.05, 4.69) is 21.2 Å². The van der Waals surface area contributed by atoms with Crippen LogP contribution in [0.4, 0.5) is 4.79 Å².